The van der Waals surface area contributed by atoms with Gasteiger partial charge in [0.25, 0.3) is 0 Å². The Labute approximate surface area is 277 Å². The van der Waals surface area contributed by atoms with Gasteiger partial charge in [0.1, 0.15) is 11.4 Å². The molecular weight excluding hydrogens is 694 g/mol. The van der Waals surface area contributed by atoms with Gasteiger partial charge in [-0.3, -0.25) is 19.9 Å². The van der Waals surface area contributed by atoms with Crippen molar-refractivity contribution in [3.63, 3.8) is 0 Å². The molecule has 6 rings (SSSR count). The van der Waals surface area contributed by atoms with Crippen molar-refractivity contribution in [2.24, 2.45) is 0 Å². The van der Waals surface area contributed by atoms with E-state index >= 15 is 0 Å². The van der Waals surface area contributed by atoms with Crippen LogP contribution in [-0.4, -0.2) is 40.3 Å². The van der Waals surface area contributed by atoms with Gasteiger partial charge in [-0.1, -0.05) is 105 Å². The average molecular weight is 711 g/mol. The van der Waals surface area contributed by atoms with E-state index in [-0.39, 0.29) is 0 Å². The molecule has 0 saturated carbocycles. The molecule has 0 spiro atoms. The SMILES string of the molecule is Clc1cccc(Cl)c1CSc1nnc(-c2cnccn2)s1.Clc1cccc(Cl)c1CSc1nnc(-c2cnccn2)s1. The molecule has 6 aromatic rings. The van der Waals surface area contributed by atoms with Gasteiger partial charge in [-0.15, -0.1) is 20.4 Å². The summed E-state index contributed by atoms with van der Waals surface area (Å²) >= 11 is 30.6. The molecule has 0 atom stereocenters. The van der Waals surface area contributed by atoms with Crippen molar-refractivity contribution < 1.29 is 0 Å². The van der Waals surface area contributed by atoms with Crippen LogP contribution in [0.2, 0.25) is 20.1 Å². The topological polar surface area (TPSA) is 103 Å². The van der Waals surface area contributed by atoms with Crippen LogP contribution < -0.4 is 0 Å². The number of benzene rings is 2. The van der Waals surface area contributed by atoms with Crippen LogP contribution in [0.15, 0.2) is 82.3 Å². The molecule has 4 aromatic heterocycles. The van der Waals surface area contributed by atoms with Gasteiger partial charge in [-0.2, -0.15) is 0 Å². The smallest absolute Gasteiger partial charge is 0.175 e. The van der Waals surface area contributed by atoms with Crippen LogP contribution in [-0.2, 0) is 11.5 Å². The third kappa shape index (κ3) is 8.35. The lowest BCUT2D eigenvalue weighted by Crippen LogP contribution is -1.84. The molecule has 0 radical (unpaired) electrons. The molecule has 4 heterocycles. The van der Waals surface area contributed by atoms with Gasteiger partial charge in [0.2, 0.25) is 0 Å². The Morgan fingerprint density at radius 3 is 1.31 bits per heavy atom. The van der Waals surface area contributed by atoms with Crippen molar-refractivity contribution >= 4 is 92.6 Å². The summed E-state index contributed by atoms with van der Waals surface area (Å²) in [5, 5.41) is 20.7. The zero-order valence-electron chi connectivity index (χ0n) is 21.1. The Hall–Kier alpha value is -2.42. The van der Waals surface area contributed by atoms with E-state index < -0.39 is 0 Å². The van der Waals surface area contributed by atoms with Gasteiger partial charge in [0.05, 0.1) is 12.4 Å². The molecule has 0 N–H and O–H groups in total. The minimum atomic E-state index is 0.646. The summed E-state index contributed by atoms with van der Waals surface area (Å²) in [6.45, 7) is 0. The molecule has 0 bridgehead atoms. The van der Waals surface area contributed by atoms with Crippen molar-refractivity contribution in [1.82, 2.24) is 40.3 Å². The summed E-state index contributed by atoms with van der Waals surface area (Å²) in [5.74, 6) is 1.29. The van der Waals surface area contributed by atoms with Crippen molar-refractivity contribution in [2.75, 3.05) is 0 Å². The highest BCUT2D eigenvalue weighted by atomic mass is 35.5. The molecule has 0 unspecified atom stereocenters. The summed E-state index contributed by atoms with van der Waals surface area (Å²) in [4.78, 5) is 16.4. The molecule has 0 amide bonds. The molecular formula is C26H16Cl4N8S4. The lowest BCUT2D eigenvalue weighted by molar-refractivity contribution is 1.01. The van der Waals surface area contributed by atoms with Crippen LogP contribution >= 0.6 is 92.6 Å². The van der Waals surface area contributed by atoms with E-state index in [1.165, 1.54) is 22.7 Å². The molecule has 0 aliphatic carbocycles. The fraction of sp³-hybridized carbons (Fsp3) is 0.0769. The second-order valence-electron chi connectivity index (χ2n) is 7.91. The van der Waals surface area contributed by atoms with Gasteiger partial charge < -0.3 is 0 Å². The van der Waals surface area contributed by atoms with Gasteiger partial charge in [-0.25, -0.2) is 0 Å². The number of thioether (sulfide) groups is 2. The molecule has 0 fully saturated rings. The Morgan fingerprint density at radius 1 is 0.548 bits per heavy atom. The standard InChI is InChI=1S/2C13H8Cl2N4S2/c2*14-9-2-1-3-10(15)8(9)7-20-13-19-18-12(21-13)11-6-16-4-5-17-11/h2*1-6H,7H2. The van der Waals surface area contributed by atoms with Crippen molar-refractivity contribution in [3.05, 3.63) is 105 Å². The molecule has 0 aliphatic heterocycles. The molecule has 212 valence electrons. The number of hydrogen-bond donors (Lipinski definition) is 0. The summed E-state index contributed by atoms with van der Waals surface area (Å²) in [7, 11) is 0. The van der Waals surface area contributed by atoms with Crippen LogP contribution in [0.25, 0.3) is 21.4 Å². The number of aromatic nitrogens is 8. The van der Waals surface area contributed by atoms with Gasteiger partial charge in [-0.05, 0) is 35.4 Å². The third-order valence-corrected chi connectivity index (χ3v) is 10.8. The number of hydrogen-bond acceptors (Lipinski definition) is 12. The van der Waals surface area contributed by atoms with Crippen LogP contribution in [0.4, 0.5) is 0 Å². The summed E-state index contributed by atoms with van der Waals surface area (Å²) in [5.41, 5.74) is 3.25. The molecule has 42 heavy (non-hydrogen) atoms. The summed E-state index contributed by atoms with van der Waals surface area (Å²) in [6.07, 6.45) is 9.85. The maximum absolute atomic E-state index is 6.15. The van der Waals surface area contributed by atoms with E-state index in [4.69, 9.17) is 46.4 Å². The molecule has 0 aliphatic rings. The molecule has 8 nitrogen and oxygen atoms in total. The van der Waals surface area contributed by atoms with Crippen molar-refractivity contribution in [3.8, 4) is 21.4 Å². The van der Waals surface area contributed by atoms with Crippen LogP contribution in [0.5, 0.6) is 0 Å². The van der Waals surface area contributed by atoms with E-state index in [1.54, 1.807) is 60.7 Å². The average Bonchev–Trinajstić information content (AvgIpc) is 3.68. The van der Waals surface area contributed by atoms with Gasteiger partial charge in [0, 0.05) is 56.4 Å². The monoisotopic (exact) mass is 708 g/mol. The van der Waals surface area contributed by atoms with E-state index in [1.807, 2.05) is 36.4 Å². The van der Waals surface area contributed by atoms with E-state index in [0.717, 1.165) is 41.2 Å². The lowest BCUT2D eigenvalue weighted by Gasteiger charge is -2.04. The highest BCUT2D eigenvalue weighted by Gasteiger charge is 2.12. The summed E-state index contributed by atoms with van der Waals surface area (Å²) < 4.78 is 1.68. The number of nitrogens with zero attached hydrogens (tertiary/aromatic N) is 8. The minimum Gasteiger partial charge on any atom is -0.261 e. The predicted octanol–water partition coefficient (Wildman–Crippen LogP) is 9.19. The van der Waals surface area contributed by atoms with E-state index in [2.05, 4.69) is 40.3 Å². The Kier molecular flexibility index (Phi) is 11.3. The predicted molar refractivity (Wildman–Crippen MR) is 174 cm³/mol. The zero-order valence-corrected chi connectivity index (χ0v) is 27.4. The molecule has 2 aromatic carbocycles. The zero-order chi connectivity index (χ0) is 29.3. The van der Waals surface area contributed by atoms with E-state index in [0.29, 0.717) is 31.6 Å². The second kappa shape index (κ2) is 15.3. The fourth-order valence-corrected chi connectivity index (χ4v) is 8.28. The van der Waals surface area contributed by atoms with Gasteiger partial charge in [0.15, 0.2) is 18.7 Å². The number of rotatable bonds is 8. The normalized spacial score (nSPS) is 10.8. The maximum Gasteiger partial charge on any atom is 0.175 e. The Morgan fingerprint density at radius 2 is 0.952 bits per heavy atom. The second-order valence-corrected chi connectivity index (χ2v) is 13.9. The first kappa shape index (κ1) is 31.0. The first-order valence-corrected chi connectivity index (χ1v) is 16.9. The minimum absolute atomic E-state index is 0.646. The fourth-order valence-electron chi connectivity index (χ4n) is 3.17. The Balaban J connectivity index is 0.000000168. The summed E-state index contributed by atoms with van der Waals surface area (Å²) in [6, 6.07) is 11.0. The molecule has 0 saturated heterocycles. The largest absolute Gasteiger partial charge is 0.261 e. The lowest BCUT2D eigenvalue weighted by atomic mass is 10.2. The maximum atomic E-state index is 6.15. The first-order valence-electron chi connectivity index (χ1n) is 11.8. The first-order chi connectivity index (χ1) is 20.5. The van der Waals surface area contributed by atoms with Crippen molar-refractivity contribution in [2.45, 2.75) is 20.2 Å². The van der Waals surface area contributed by atoms with Crippen LogP contribution in [0.3, 0.4) is 0 Å². The highest BCUT2D eigenvalue weighted by Crippen LogP contribution is 2.35. The van der Waals surface area contributed by atoms with Crippen LogP contribution in [0, 0.1) is 0 Å². The van der Waals surface area contributed by atoms with Crippen molar-refractivity contribution in [1.29, 1.82) is 0 Å². The van der Waals surface area contributed by atoms with Gasteiger partial charge >= 0.3 is 0 Å². The highest BCUT2D eigenvalue weighted by molar-refractivity contribution is 8.00. The third-order valence-electron chi connectivity index (χ3n) is 5.18. The quantitative estimate of drug-likeness (QED) is 0.142. The Bertz CT molecular complexity index is 1590. The number of halogens is 4. The van der Waals surface area contributed by atoms with Crippen LogP contribution in [0.1, 0.15) is 11.1 Å². The molecule has 16 heteroatoms. The van der Waals surface area contributed by atoms with E-state index in [9.17, 15) is 0 Å².